The number of ether oxygens (including phenoxy) is 2. The molecule has 4 heteroatoms. The van der Waals surface area contributed by atoms with Crippen molar-refractivity contribution in [3.63, 3.8) is 0 Å². The van der Waals surface area contributed by atoms with Crippen LogP contribution in [0.25, 0.3) is 0 Å². The molecule has 66 valence electrons. The number of rotatable bonds is 3. The van der Waals surface area contributed by atoms with Gasteiger partial charge in [-0.3, -0.25) is 4.90 Å². The van der Waals surface area contributed by atoms with Crippen molar-refractivity contribution in [3.05, 3.63) is 0 Å². The summed E-state index contributed by atoms with van der Waals surface area (Å²) in [6, 6.07) is 0. The minimum Gasteiger partial charge on any atom is -0.381 e. The van der Waals surface area contributed by atoms with Crippen LogP contribution in [0.4, 0.5) is 0 Å². The molecule has 1 rings (SSSR count). The van der Waals surface area contributed by atoms with Crippen LogP contribution in [0.2, 0.25) is 0 Å². The molecule has 1 atom stereocenters. The van der Waals surface area contributed by atoms with Gasteiger partial charge in [0.2, 0.25) is 0 Å². The Morgan fingerprint density at radius 1 is 1.55 bits per heavy atom. The first-order valence-electron chi connectivity index (χ1n) is 3.83. The zero-order chi connectivity index (χ0) is 8.10. The van der Waals surface area contributed by atoms with Crippen LogP contribution in [-0.2, 0) is 9.47 Å². The van der Waals surface area contributed by atoms with E-state index in [0.717, 1.165) is 13.1 Å². The molecule has 0 saturated carbocycles. The van der Waals surface area contributed by atoms with Crippen LogP contribution >= 0.6 is 0 Å². The Morgan fingerprint density at radius 2 is 2.18 bits per heavy atom. The number of aliphatic hydroxyl groups excluding tert-OH is 1. The van der Waals surface area contributed by atoms with Gasteiger partial charge in [0.15, 0.2) is 0 Å². The zero-order valence-electron chi connectivity index (χ0n) is 6.82. The van der Waals surface area contributed by atoms with E-state index in [1.165, 1.54) is 0 Å². The molecule has 0 aliphatic carbocycles. The topological polar surface area (TPSA) is 41.9 Å². The van der Waals surface area contributed by atoms with Gasteiger partial charge in [0, 0.05) is 20.2 Å². The molecule has 0 radical (unpaired) electrons. The largest absolute Gasteiger partial charge is 0.381 e. The molecular weight excluding hydrogens is 146 g/mol. The summed E-state index contributed by atoms with van der Waals surface area (Å²) in [5.41, 5.74) is 0. The summed E-state index contributed by atoms with van der Waals surface area (Å²) in [6.07, 6.45) is -0.469. The SMILES string of the molecule is COCC(O)N1CCOCC1. The fraction of sp³-hybridized carbons (Fsp3) is 1.00. The van der Waals surface area contributed by atoms with Crippen LogP contribution in [0.3, 0.4) is 0 Å². The molecule has 0 bridgehead atoms. The Kier molecular flexibility index (Phi) is 3.79. The highest BCUT2D eigenvalue weighted by molar-refractivity contribution is 4.64. The highest BCUT2D eigenvalue weighted by Crippen LogP contribution is 2.01. The van der Waals surface area contributed by atoms with Crippen LogP contribution in [0, 0.1) is 0 Å². The second-order valence-electron chi connectivity index (χ2n) is 2.58. The Hall–Kier alpha value is -0.160. The first-order valence-corrected chi connectivity index (χ1v) is 3.83. The van der Waals surface area contributed by atoms with Crippen LogP contribution in [0.1, 0.15) is 0 Å². The predicted octanol–water partition coefficient (Wildman–Crippen LogP) is -0.717. The molecule has 1 fully saturated rings. The summed E-state index contributed by atoms with van der Waals surface area (Å²) in [6.45, 7) is 3.39. The molecule has 11 heavy (non-hydrogen) atoms. The quantitative estimate of drug-likeness (QED) is 0.593. The lowest BCUT2D eigenvalue weighted by atomic mass is 10.4. The second kappa shape index (κ2) is 4.66. The van der Waals surface area contributed by atoms with E-state index in [9.17, 15) is 5.11 Å². The molecule has 1 unspecified atom stereocenters. The molecule has 1 heterocycles. The Morgan fingerprint density at radius 3 is 2.73 bits per heavy atom. The van der Waals surface area contributed by atoms with Gasteiger partial charge in [0.05, 0.1) is 19.8 Å². The zero-order valence-corrected chi connectivity index (χ0v) is 6.82. The summed E-state index contributed by atoms with van der Waals surface area (Å²) < 4.78 is 9.96. The summed E-state index contributed by atoms with van der Waals surface area (Å²) >= 11 is 0. The standard InChI is InChI=1S/C7H15NO3/c1-10-6-7(9)8-2-4-11-5-3-8/h7,9H,2-6H2,1H3. The molecule has 0 spiro atoms. The van der Waals surface area contributed by atoms with Crippen LogP contribution in [-0.4, -0.2) is 56.3 Å². The Balaban J connectivity index is 2.21. The van der Waals surface area contributed by atoms with E-state index < -0.39 is 6.23 Å². The van der Waals surface area contributed by atoms with E-state index in [1.54, 1.807) is 7.11 Å². The summed E-state index contributed by atoms with van der Waals surface area (Å²) in [7, 11) is 1.59. The minimum atomic E-state index is -0.469. The van der Waals surface area contributed by atoms with Gasteiger partial charge in [-0.25, -0.2) is 0 Å². The second-order valence-corrected chi connectivity index (χ2v) is 2.58. The lowest BCUT2D eigenvalue weighted by molar-refractivity contribution is -0.0865. The molecule has 1 aliphatic heterocycles. The first kappa shape index (κ1) is 8.93. The van der Waals surface area contributed by atoms with Crippen molar-refractivity contribution in [3.8, 4) is 0 Å². The van der Waals surface area contributed by atoms with Crippen molar-refractivity contribution in [1.82, 2.24) is 4.90 Å². The lowest BCUT2D eigenvalue weighted by Crippen LogP contribution is -2.45. The van der Waals surface area contributed by atoms with Gasteiger partial charge in [-0.05, 0) is 0 Å². The molecule has 0 aromatic rings. The van der Waals surface area contributed by atoms with Crippen LogP contribution < -0.4 is 0 Å². The fourth-order valence-electron chi connectivity index (χ4n) is 1.13. The third kappa shape index (κ3) is 2.75. The van der Waals surface area contributed by atoms with Gasteiger partial charge >= 0.3 is 0 Å². The van der Waals surface area contributed by atoms with Crippen molar-refractivity contribution in [1.29, 1.82) is 0 Å². The van der Waals surface area contributed by atoms with Crippen LogP contribution in [0.5, 0.6) is 0 Å². The van der Waals surface area contributed by atoms with Crippen molar-refractivity contribution >= 4 is 0 Å². The highest BCUT2D eigenvalue weighted by atomic mass is 16.5. The normalized spacial score (nSPS) is 23.5. The van der Waals surface area contributed by atoms with Crippen molar-refractivity contribution < 1.29 is 14.6 Å². The van der Waals surface area contributed by atoms with E-state index in [0.29, 0.717) is 19.8 Å². The van der Waals surface area contributed by atoms with E-state index in [1.807, 2.05) is 4.90 Å². The fourth-order valence-corrected chi connectivity index (χ4v) is 1.13. The number of hydrogen-bond donors (Lipinski definition) is 1. The number of aliphatic hydroxyl groups is 1. The van der Waals surface area contributed by atoms with Gasteiger partial charge in [-0.15, -0.1) is 0 Å². The van der Waals surface area contributed by atoms with Gasteiger partial charge in [-0.1, -0.05) is 0 Å². The Bertz CT molecular complexity index is 104. The molecule has 1 saturated heterocycles. The molecule has 0 amide bonds. The molecule has 1 aliphatic rings. The van der Waals surface area contributed by atoms with Crippen molar-refractivity contribution in [2.75, 3.05) is 40.0 Å². The number of nitrogens with zero attached hydrogens (tertiary/aromatic N) is 1. The summed E-state index contributed by atoms with van der Waals surface area (Å²) in [5.74, 6) is 0. The maximum absolute atomic E-state index is 9.42. The monoisotopic (exact) mass is 161 g/mol. The van der Waals surface area contributed by atoms with Crippen molar-refractivity contribution in [2.24, 2.45) is 0 Å². The van der Waals surface area contributed by atoms with Gasteiger partial charge < -0.3 is 14.6 Å². The maximum atomic E-state index is 9.42. The predicted molar refractivity (Wildman–Crippen MR) is 40.3 cm³/mol. The van der Waals surface area contributed by atoms with Crippen molar-refractivity contribution in [2.45, 2.75) is 6.23 Å². The maximum Gasteiger partial charge on any atom is 0.131 e. The van der Waals surface area contributed by atoms with E-state index in [-0.39, 0.29) is 0 Å². The molecule has 0 aromatic carbocycles. The average Bonchev–Trinajstić information content (AvgIpc) is 2.07. The molecular formula is C7H15NO3. The third-order valence-electron chi connectivity index (χ3n) is 1.78. The Labute approximate surface area is 66.7 Å². The average molecular weight is 161 g/mol. The van der Waals surface area contributed by atoms with Gasteiger partial charge in [0.25, 0.3) is 0 Å². The lowest BCUT2D eigenvalue weighted by Gasteiger charge is -2.30. The molecule has 0 aromatic heterocycles. The first-order chi connectivity index (χ1) is 5.34. The van der Waals surface area contributed by atoms with E-state index in [2.05, 4.69) is 0 Å². The van der Waals surface area contributed by atoms with E-state index in [4.69, 9.17) is 9.47 Å². The van der Waals surface area contributed by atoms with Gasteiger partial charge in [0.1, 0.15) is 6.23 Å². The van der Waals surface area contributed by atoms with E-state index >= 15 is 0 Å². The number of hydrogen-bond acceptors (Lipinski definition) is 4. The number of morpholine rings is 1. The summed E-state index contributed by atoms with van der Waals surface area (Å²) in [5, 5.41) is 9.42. The highest BCUT2D eigenvalue weighted by Gasteiger charge is 2.17. The third-order valence-corrected chi connectivity index (χ3v) is 1.78. The van der Waals surface area contributed by atoms with Crippen LogP contribution in [0.15, 0.2) is 0 Å². The smallest absolute Gasteiger partial charge is 0.131 e. The number of methoxy groups -OCH3 is 1. The summed E-state index contributed by atoms with van der Waals surface area (Å²) in [4.78, 5) is 1.95. The molecule has 1 N–H and O–H groups in total. The molecule has 4 nitrogen and oxygen atoms in total. The minimum absolute atomic E-state index is 0.375. The van der Waals surface area contributed by atoms with Gasteiger partial charge in [-0.2, -0.15) is 0 Å².